The van der Waals surface area contributed by atoms with Crippen LogP contribution >= 0.6 is 0 Å². The van der Waals surface area contributed by atoms with Crippen LogP contribution in [0.1, 0.15) is 30.9 Å². The van der Waals surface area contributed by atoms with Gasteiger partial charge in [0, 0.05) is 24.5 Å². The molecule has 19 heavy (non-hydrogen) atoms. The maximum absolute atomic E-state index is 12.7. The van der Waals surface area contributed by atoms with Crippen LogP contribution in [0, 0.1) is 5.92 Å². The molecule has 2 atom stereocenters. The van der Waals surface area contributed by atoms with Crippen molar-refractivity contribution in [3.63, 3.8) is 0 Å². The summed E-state index contributed by atoms with van der Waals surface area (Å²) in [4.78, 5) is 14.7. The molecule has 0 bridgehead atoms. The first kappa shape index (κ1) is 12.7. The summed E-state index contributed by atoms with van der Waals surface area (Å²) in [6, 6.07) is 8.98. The van der Waals surface area contributed by atoms with E-state index in [1.807, 2.05) is 0 Å². The van der Waals surface area contributed by atoms with Crippen LogP contribution in [0.15, 0.2) is 24.3 Å². The lowest BCUT2D eigenvalue weighted by Gasteiger charge is -2.37. The summed E-state index contributed by atoms with van der Waals surface area (Å²) in [5, 5.41) is 0. The molecule has 1 aliphatic heterocycles. The summed E-state index contributed by atoms with van der Waals surface area (Å²) in [5.74, 6) is 0.477. The normalized spacial score (nSPS) is 27.4. The number of piperidine rings is 1. The van der Waals surface area contributed by atoms with E-state index in [9.17, 15) is 4.79 Å². The van der Waals surface area contributed by atoms with E-state index < -0.39 is 0 Å². The van der Waals surface area contributed by atoms with Crippen LogP contribution in [0.5, 0.6) is 0 Å². The lowest BCUT2D eigenvalue weighted by molar-refractivity contribution is -0.138. The quantitative estimate of drug-likeness (QED) is 0.834. The molecular weight excluding hydrogens is 236 g/mol. The Kier molecular flexibility index (Phi) is 3.31. The van der Waals surface area contributed by atoms with Crippen LogP contribution in [-0.4, -0.2) is 29.4 Å². The number of nitrogens with two attached hydrogens (primary N) is 1. The highest BCUT2D eigenvalue weighted by Gasteiger charge is 2.34. The predicted molar refractivity (Wildman–Crippen MR) is 75.7 cm³/mol. The number of rotatable bonds is 1. The Morgan fingerprint density at radius 2 is 1.89 bits per heavy atom. The third-order valence-corrected chi connectivity index (χ3v) is 4.60. The number of amides is 1. The second-order valence-corrected chi connectivity index (χ2v) is 6.04. The molecule has 0 saturated carbocycles. The van der Waals surface area contributed by atoms with Crippen LogP contribution in [0.25, 0.3) is 0 Å². The Labute approximate surface area is 114 Å². The lowest BCUT2D eigenvalue weighted by Crippen LogP contribution is -2.50. The summed E-state index contributed by atoms with van der Waals surface area (Å²) in [6.45, 7) is 2.95. The Bertz CT molecular complexity index is 460. The molecule has 3 rings (SSSR count). The number of carbonyl (C=O) groups is 1. The highest BCUT2D eigenvalue weighted by molar-refractivity contribution is 5.81. The molecule has 0 spiro atoms. The van der Waals surface area contributed by atoms with Gasteiger partial charge >= 0.3 is 0 Å². The highest BCUT2D eigenvalue weighted by atomic mass is 16.2. The largest absolute Gasteiger partial charge is 0.340 e. The average molecular weight is 258 g/mol. The standard InChI is InChI=1S/C16H22N2O/c1-11-8-15(17)6-7-18(11)16(19)14-9-12-4-2-3-5-13(12)10-14/h2-5,11,14-15H,6-10,17H2,1H3. The van der Waals surface area contributed by atoms with Gasteiger partial charge in [0.15, 0.2) is 0 Å². The molecule has 1 aromatic rings. The molecule has 3 heteroatoms. The number of hydrogen-bond acceptors (Lipinski definition) is 2. The lowest BCUT2D eigenvalue weighted by atomic mass is 9.96. The first-order valence-corrected chi connectivity index (χ1v) is 7.28. The molecule has 1 aromatic carbocycles. The molecule has 0 aromatic heterocycles. The van der Waals surface area contributed by atoms with Crippen molar-refractivity contribution in [1.82, 2.24) is 4.90 Å². The monoisotopic (exact) mass is 258 g/mol. The Balaban J connectivity index is 1.70. The van der Waals surface area contributed by atoms with Crippen molar-refractivity contribution in [3.05, 3.63) is 35.4 Å². The van der Waals surface area contributed by atoms with Crippen molar-refractivity contribution < 1.29 is 4.79 Å². The summed E-state index contributed by atoms with van der Waals surface area (Å²) < 4.78 is 0. The first-order valence-electron chi connectivity index (χ1n) is 7.28. The fourth-order valence-electron chi connectivity index (χ4n) is 3.50. The van der Waals surface area contributed by atoms with Gasteiger partial charge in [-0.2, -0.15) is 0 Å². The first-order chi connectivity index (χ1) is 9.15. The Morgan fingerprint density at radius 3 is 2.47 bits per heavy atom. The predicted octanol–water partition coefficient (Wildman–Crippen LogP) is 1.74. The minimum Gasteiger partial charge on any atom is -0.340 e. The van der Waals surface area contributed by atoms with E-state index in [-0.39, 0.29) is 12.0 Å². The van der Waals surface area contributed by atoms with Crippen molar-refractivity contribution in [1.29, 1.82) is 0 Å². The van der Waals surface area contributed by atoms with Gasteiger partial charge in [0.05, 0.1) is 0 Å². The van der Waals surface area contributed by atoms with Crippen molar-refractivity contribution in [2.45, 2.75) is 44.7 Å². The topological polar surface area (TPSA) is 46.3 Å². The molecule has 1 fully saturated rings. The van der Waals surface area contributed by atoms with E-state index in [0.29, 0.717) is 11.9 Å². The van der Waals surface area contributed by atoms with E-state index in [1.54, 1.807) is 0 Å². The van der Waals surface area contributed by atoms with Gasteiger partial charge in [-0.15, -0.1) is 0 Å². The van der Waals surface area contributed by atoms with Crippen LogP contribution < -0.4 is 5.73 Å². The number of benzene rings is 1. The molecule has 1 amide bonds. The smallest absolute Gasteiger partial charge is 0.226 e. The molecule has 2 N–H and O–H groups in total. The maximum Gasteiger partial charge on any atom is 0.226 e. The van der Waals surface area contributed by atoms with Gasteiger partial charge in [0.1, 0.15) is 0 Å². The van der Waals surface area contributed by atoms with E-state index in [4.69, 9.17) is 5.73 Å². The molecular formula is C16H22N2O. The second kappa shape index (κ2) is 4.97. The summed E-state index contributed by atoms with van der Waals surface area (Å²) >= 11 is 0. The zero-order chi connectivity index (χ0) is 13.4. The van der Waals surface area contributed by atoms with Gasteiger partial charge in [-0.25, -0.2) is 0 Å². The van der Waals surface area contributed by atoms with Gasteiger partial charge in [-0.1, -0.05) is 24.3 Å². The zero-order valence-electron chi connectivity index (χ0n) is 11.5. The number of likely N-dealkylation sites (tertiary alicyclic amines) is 1. The van der Waals surface area contributed by atoms with Crippen molar-refractivity contribution in [3.8, 4) is 0 Å². The molecule has 0 radical (unpaired) electrons. The molecule has 1 saturated heterocycles. The number of carbonyl (C=O) groups excluding carboxylic acids is 1. The zero-order valence-corrected chi connectivity index (χ0v) is 11.5. The third kappa shape index (κ3) is 2.39. The maximum atomic E-state index is 12.7. The van der Waals surface area contributed by atoms with E-state index in [1.165, 1.54) is 11.1 Å². The van der Waals surface area contributed by atoms with E-state index in [0.717, 1.165) is 32.2 Å². The number of nitrogens with zero attached hydrogens (tertiary/aromatic N) is 1. The van der Waals surface area contributed by atoms with Crippen LogP contribution in [0.2, 0.25) is 0 Å². The highest BCUT2D eigenvalue weighted by Crippen LogP contribution is 2.29. The molecule has 1 heterocycles. The fraction of sp³-hybridized carbons (Fsp3) is 0.562. The minimum atomic E-state index is 0.147. The molecule has 1 aliphatic carbocycles. The molecule has 102 valence electrons. The van der Waals surface area contributed by atoms with Crippen molar-refractivity contribution in [2.75, 3.05) is 6.54 Å². The summed E-state index contributed by atoms with van der Waals surface area (Å²) in [5.41, 5.74) is 8.67. The van der Waals surface area contributed by atoms with E-state index in [2.05, 4.69) is 36.1 Å². The summed E-state index contributed by atoms with van der Waals surface area (Å²) in [6.07, 6.45) is 3.69. The fourth-order valence-corrected chi connectivity index (χ4v) is 3.50. The van der Waals surface area contributed by atoms with Gasteiger partial charge in [0.2, 0.25) is 5.91 Å². The van der Waals surface area contributed by atoms with Gasteiger partial charge < -0.3 is 10.6 Å². The molecule has 2 aliphatic rings. The molecule has 3 nitrogen and oxygen atoms in total. The second-order valence-electron chi connectivity index (χ2n) is 6.04. The van der Waals surface area contributed by atoms with Crippen LogP contribution in [0.3, 0.4) is 0 Å². The third-order valence-electron chi connectivity index (χ3n) is 4.60. The average Bonchev–Trinajstić information content (AvgIpc) is 2.81. The van der Waals surface area contributed by atoms with Gasteiger partial charge in [-0.3, -0.25) is 4.79 Å². The van der Waals surface area contributed by atoms with Crippen LogP contribution in [-0.2, 0) is 17.6 Å². The summed E-state index contributed by atoms with van der Waals surface area (Å²) in [7, 11) is 0. The minimum absolute atomic E-state index is 0.147. The van der Waals surface area contributed by atoms with Crippen molar-refractivity contribution >= 4 is 5.91 Å². The van der Waals surface area contributed by atoms with Crippen LogP contribution in [0.4, 0.5) is 0 Å². The number of fused-ring (bicyclic) bond motifs is 1. The van der Waals surface area contributed by atoms with Crippen molar-refractivity contribution in [2.24, 2.45) is 11.7 Å². The van der Waals surface area contributed by atoms with Gasteiger partial charge in [-0.05, 0) is 43.7 Å². The number of hydrogen-bond donors (Lipinski definition) is 1. The van der Waals surface area contributed by atoms with Gasteiger partial charge in [0.25, 0.3) is 0 Å². The Morgan fingerprint density at radius 1 is 1.26 bits per heavy atom. The van der Waals surface area contributed by atoms with E-state index >= 15 is 0 Å². The Hall–Kier alpha value is -1.35. The molecule has 2 unspecified atom stereocenters. The SMILES string of the molecule is CC1CC(N)CCN1C(=O)C1Cc2ccccc2C1.